The molecule has 0 aromatic rings. The molecular weight excluding hydrogens is 623 g/mol. The summed E-state index contributed by atoms with van der Waals surface area (Å²) >= 11 is 0. The van der Waals surface area contributed by atoms with E-state index in [0.717, 1.165) is 66.1 Å². The zero-order valence-electron chi connectivity index (χ0n) is 33.2. The van der Waals surface area contributed by atoms with Crippen molar-refractivity contribution >= 4 is 0 Å². The van der Waals surface area contributed by atoms with Crippen molar-refractivity contribution in [2.45, 2.75) is 260 Å². The van der Waals surface area contributed by atoms with Gasteiger partial charge in [0, 0.05) is 67.5 Å². The molecule has 6 atom stereocenters. The van der Waals surface area contributed by atoms with Crippen LogP contribution >= 0.6 is 0 Å². The molecule has 2 heterocycles. The Morgan fingerprint density at radius 3 is 1.08 bits per heavy atom. The molecule has 9 rings (SSSR count). The first-order chi connectivity index (χ1) is 25.3. The molecule has 0 bridgehead atoms. The second-order valence-corrected chi connectivity index (χ2v) is 20.3. The Labute approximate surface area is 314 Å². The number of hydrogen-bond acceptors (Lipinski definition) is 5. The molecule has 9 aliphatic rings. The van der Waals surface area contributed by atoms with E-state index in [1.807, 2.05) is 0 Å². The maximum Gasteiger partial charge on any atom is 0.0601 e. The number of hydrogen-bond donors (Lipinski definition) is 2. The Balaban J connectivity index is 0.970. The molecule has 2 N–H and O–H groups in total. The van der Waals surface area contributed by atoms with Crippen molar-refractivity contribution in [3.63, 3.8) is 0 Å². The maximum absolute atomic E-state index is 4.16. The number of rotatable bonds is 8. The van der Waals surface area contributed by atoms with E-state index in [1.165, 1.54) is 212 Å². The van der Waals surface area contributed by atoms with E-state index in [9.17, 15) is 0 Å². The topological polar surface area (TPSA) is 33.8 Å². The summed E-state index contributed by atoms with van der Waals surface area (Å²) in [5.41, 5.74) is 0. The van der Waals surface area contributed by atoms with E-state index in [0.29, 0.717) is 12.2 Å². The fourth-order valence-corrected chi connectivity index (χ4v) is 15.3. The van der Waals surface area contributed by atoms with Crippen LogP contribution in [0.15, 0.2) is 0 Å². The van der Waals surface area contributed by atoms with Crippen LogP contribution in [0.1, 0.15) is 199 Å². The van der Waals surface area contributed by atoms with Crippen molar-refractivity contribution in [3.8, 4) is 0 Å². The van der Waals surface area contributed by atoms with Crippen molar-refractivity contribution in [2.24, 2.45) is 17.8 Å². The van der Waals surface area contributed by atoms with Crippen molar-refractivity contribution in [1.29, 1.82) is 0 Å². The average Bonchev–Trinajstić information content (AvgIpc) is 3.53. The summed E-state index contributed by atoms with van der Waals surface area (Å²) in [4.78, 5) is 9.85. The molecule has 7 saturated carbocycles. The predicted molar refractivity (Wildman–Crippen MR) is 213 cm³/mol. The lowest BCUT2D eigenvalue weighted by atomic mass is 9.69. The number of fused-ring (bicyclic) bond motifs is 3. The van der Waals surface area contributed by atoms with Crippen LogP contribution in [-0.4, -0.2) is 88.3 Å². The van der Waals surface area contributed by atoms with Crippen LogP contribution in [0.2, 0.25) is 0 Å². The van der Waals surface area contributed by atoms with E-state index in [2.05, 4.69) is 25.3 Å². The van der Waals surface area contributed by atoms with E-state index < -0.39 is 0 Å². The zero-order chi connectivity index (χ0) is 34.0. The van der Waals surface area contributed by atoms with Crippen LogP contribution in [0.4, 0.5) is 0 Å². The largest absolute Gasteiger partial charge is 0.300 e. The van der Waals surface area contributed by atoms with Crippen molar-refractivity contribution in [1.82, 2.24) is 25.3 Å². The normalized spacial score (nSPS) is 40.8. The van der Waals surface area contributed by atoms with E-state index in [1.54, 1.807) is 0 Å². The summed E-state index contributed by atoms with van der Waals surface area (Å²) in [5.74, 6) is 2.73. The SMILES string of the molecule is C1CCC(C2NCC(N3C4CCC(N(C5CCCCC5)C5CCCCC5)CC4C4CC(N(C5CCCCC5)C5CCCCC5)CCC43)CN2)CC1. The van der Waals surface area contributed by atoms with Gasteiger partial charge in [-0.1, -0.05) is 96.3 Å². The maximum atomic E-state index is 4.16. The van der Waals surface area contributed by atoms with Gasteiger partial charge < -0.3 is 10.6 Å². The second kappa shape index (κ2) is 17.3. The lowest BCUT2D eigenvalue weighted by molar-refractivity contribution is -0.00956. The quantitative estimate of drug-likeness (QED) is 0.263. The van der Waals surface area contributed by atoms with Gasteiger partial charge in [0.1, 0.15) is 0 Å². The third-order valence-electron chi connectivity index (χ3n) is 17.5. The molecule has 5 heteroatoms. The molecule has 0 aromatic heterocycles. The van der Waals surface area contributed by atoms with E-state index >= 15 is 0 Å². The van der Waals surface area contributed by atoms with Gasteiger partial charge in [0.2, 0.25) is 0 Å². The minimum absolute atomic E-state index is 0.571. The Morgan fingerprint density at radius 2 is 0.706 bits per heavy atom. The standard InChI is InChI=1S/C46H81N5/c1-6-16-34(17-7-1)46-47-32-41(33-48-46)51-44-28-26-39(49(35-18-8-2-9-19-35)36-20-10-3-11-21-36)30-42(44)43-31-40(27-29-45(43)51)50(37-22-12-4-13-23-37)38-24-14-5-15-25-38/h34-48H,1-33H2. The molecule has 2 saturated heterocycles. The minimum atomic E-state index is 0.571. The molecule has 0 spiro atoms. The van der Waals surface area contributed by atoms with Crippen LogP contribution in [-0.2, 0) is 0 Å². The lowest BCUT2D eigenvalue weighted by Gasteiger charge is -2.51. The Hall–Kier alpha value is -0.200. The zero-order valence-corrected chi connectivity index (χ0v) is 33.2. The van der Waals surface area contributed by atoms with Crippen LogP contribution in [0.25, 0.3) is 0 Å². The first-order valence-electron chi connectivity index (χ1n) is 24.1. The minimum Gasteiger partial charge on any atom is -0.300 e. The van der Waals surface area contributed by atoms with Crippen LogP contribution in [0.3, 0.4) is 0 Å². The lowest BCUT2D eigenvalue weighted by Crippen LogP contribution is -2.65. The summed E-state index contributed by atoms with van der Waals surface area (Å²) in [6.07, 6.45) is 46.8. The first kappa shape index (κ1) is 36.4. The van der Waals surface area contributed by atoms with Gasteiger partial charge in [0.25, 0.3) is 0 Å². The van der Waals surface area contributed by atoms with Crippen LogP contribution in [0.5, 0.6) is 0 Å². The van der Waals surface area contributed by atoms with Crippen LogP contribution in [0, 0.1) is 17.8 Å². The van der Waals surface area contributed by atoms with Crippen molar-refractivity contribution < 1.29 is 0 Å². The van der Waals surface area contributed by atoms with Gasteiger partial charge in [-0.2, -0.15) is 0 Å². The Kier molecular flexibility index (Phi) is 12.4. The van der Waals surface area contributed by atoms with Crippen molar-refractivity contribution in [2.75, 3.05) is 13.1 Å². The van der Waals surface area contributed by atoms with Crippen molar-refractivity contribution in [3.05, 3.63) is 0 Å². The summed E-state index contributed by atoms with van der Waals surface area (Å²) < 4.78 is 0. The summed E-state index contributed by atoms with van der Waals surface area (Å²) in [6, 6.07) is 7.69. The van der Waals surface area contributed by atoms with Gasteiger partial charge >= 0.3 is 0 Å². The van der Waals surface area contributed by atoms with E-state index in [4.69, 9.17) is 0 Å². The molecule has 0 amide bonds. The highest BCUT2D eigenvalue weighted by Crippen LogP contribution is 2.53. The highest BCUT2D eigenvalue weighted by molar-refractivity contribution is 5.11. The predicted octanol–water partition coefficient (Wildman–Crippen LogP) is 9.78. The van der Waals surface area contributed by atoms with Gasteiger partial charge in [-0.15, -0.1) is 0 Å². The monoisotopic (exact) mass is 704 g/mol. The molecule has 6 unspecified atom stereocenters. The summed E-state index contributed by atoms with van der Waals surface area (Å²) in [5, 5.41) is 8.33. The number of nitrogens with zero attached hydrogens (tertiary/aromatic N) is 3. The molecule has 5 nitrogen and oxygen atoms in total. The fraction of sp³-hybridized carbons (Fsp3) is 1.00. The highest BCUT2D eigenvalue weighted by Gasteiger charge is 2.56. The third-order valence-corrected chi connectivity index (χ3v) is 17.5. The van der Waals surface area contributed by atoms with Gasteiger partial charge in [0.15, 0.2) is 0 Å². The highest BCUT2D eigenvalue weighted by atomic mass is 15.3. The molecular formula is C46H81N5. The Bertz CT molecular complexity index is 944. The smallest absolute Gasteiger partial charge is 0.0601 e. The fourth-order valence-electron chi connectivity index (χ4n) is 15.3. The second-order valence-electron chi connectivity index (χ2n) is 20.3. The first-order valence-corrected chi connectivity index (χ1v) is 24.1. The van der Waals surface area contributed by atoms with Gasteiger partial charge in [-0.05, 0) is 120 Å². The molecule has 0 radical (unpaired) electrons. The van der Waals surface area contributed by atoms with Gasteiger partial charge in [-0.25, -0.2) is 0 Å². The summed E-state index contributed by atoms with van der Waals surface area (Å²) in [7, 11) is 0. The van der Waals surface area contributed by atoms with Gasteiger partial charge in [-0.3, -0.25) is 14.7 Å². The molecule has 2 aliphatic heterocycles. The van der Waals surface area contributed by atoms with Crippen LogP contribution < -0.4 is 10.6 Å². The molecule has 0 aromatic carbocycles. The molecule has 51 heavy (non-hydrogen) atoms. The molecule has 9 fully saturated rings. The third kappa shape index (κ3) is 7.93. The Morgan fingerprint density at radius 1 is 0.353 bits per heavy atom. The van der Waals surface area contributed by atoms with Gasteiger partial charge in [0.05, 0.1) is 6.17 Å². The number of likely N-dealkylation sites (tertiary alicyclic amines) is 1. The number of nitrogens with one attached hydrogen (secondary N) is 2. The average molecular weight is 704 g/mol. The summed E-state index contributed by atoms with van der Waals surface area (Å²) in [6.45, 7) is 2.47. The molecule has 7 aliphatic carbocycles. The van der Waals surface area contributed by atoms with E-state index in [-0.39, 0.29) is 0 Å². The molecule has 290 valence electrons.